The fraction of sp³-hybridized carbons (Fsp3) is 0.467. The number of aromatic nitrogens is 2. The summed E-state index contributed by atoms with van der Waals surface area (Å²) in [5, 5.41) is 2.93. The highest BCUT2D eigenvalue weighted by Gasteiger charge is 2.20. The van der Waals surface area contributed by atoms with E-state index >= 15 is 0 Å². The molecule has 0 bridgehead atoms. The van der Waals surface area contributed by atoms with E-state index < -0.39 is 0 Å². The molecule has 108 valence electrons. The van der Waals surface area contributed by atoms with E-state index in [-0.39, 0.29) is 11.9 Å². The summed E-state index contributed by atoms with van der Waals surface area (Å²) in [4.78, 5) is 16.8. The monoisotopic (exact) mass is 293 g/mol. The Hall–Kier alpha value is -1.55. The molecule has 4 nitrogen and oxygen atoms in total. The lowest BCUT2D eigenvalue weighted by molar-refractivity contribution is -0.123. The van der Waals surface area contributed by atoms with E-state index in [0.29, 0.717) is 18.8 Å². The number of nitrogens with zero attached hydrogens (tertiary/aromatic N) is 2. The van der Waals surface area contributed by atoms with Crippen molar-refractivity contribution >= 4 is 28.5 Å². The van der Waals surface area contributed by atoms with Crippen molar-refractivity contribution in [3.05, 3.63) is 30.1 Å². The number of alkyl halides is 1. The zero-order chi connectivity index (χ0) is 14.5. The second-order valence-corrected chi connectivity index (χ2v) is 5.17. The molecule has 0 saturated heterocycles. The predicted octanol–water partition coefficient (Wildman–Crippen LogP) is 2.90. The standard InChI is InChI=1S/C15H20ClN3O/c1-3-10-17-15(20)11(2)19-13-7-5-4-6-12(13)18-14(19)8-9-16/h4-7,11H,3,8-10H2,1-2H3,(H,17,20). The van der Waals surface area contributed by atoms with E-state index in [2.05, 4.69) is 10.3 Å². The fourth-order valence-corrected chi connectivity index (χ4v) is 2.47. The number of carbonyl (C=O) groups excluding carboxylic acids is 1. The number of hydrogen-bond donors (Lipinski definition) is 1. The van der Waals surface area contributed by atoms with Crippen molar-refractivity contribution in [3.8, 4) is 0 Å². The molecular weight excluding hydrogens is 274 g/mol. The zero-order valence-corrected chi connectivity index (χ0v) is 12.7. The quantitative estimate of drug-likeness (QED) is 0.833. The van der Waals surface area contributed by atoms with Gasteiger partial charge < -0.3 is 9.88 Å². The first-order valence-electron chi connectivity index (χ1n) is 6.98. The Bertz CT molecular complexity index is 594. The van der Waals surface area contributed by atoms with Crippen molar-refractivity contribution in [2.45, 2.75) is 32.7 Å². The molecule has 1 aromatic heterocycles. The first-order valence-corrected chi connectivity index (χ1v) is 7.52. The molecule has 1 amide bonds. The van der Waals surface area contributed by atoms with Crippen LogP contribution in [-0.4, -0.2) is 27.9 Å². The molecule has 0 spiro atoms. The molecule has 0 fully saturated rings. The highest BCUT2D eigenvalue weighted by atomic mass is 35.5. The number of halogens is 1. The molecule has 0 saturated carbocycles. The van der Waals surface area contributed by atoms with Gasteiger partial charge in [-0.05, 0) is 25.5 Å². The van der Waals surface area contributed by atoms with Gasteiger partial charge in [0.25, 0.3) is 0 Å². The molecule has 1 atom stereocenters. The second-order valence-electron chi connectivity index (χ2n) is 4.79. The number of hydrogen-bond acceptors (Lipinski definition) is 2. The van der Waals surface area contributed by atoms with Crippen LogP contribution in [0.2, 0.25) is 0 Å². The first kappa shape index (κ1) is 14.9. The lowest BCUT2D eigenvalue weighted by atomic mass is 10.2. The van der Waals surface area contributed by atoms with Crippen molar-refractivity contribution in [2.24, 2.45) is 0 Å². The number of imidazole rings is 1. The largest absolute Gasteiger partial charge is 0.354 e. The van der Waals surface area contributed by atoms with E-state index in [0.717, 1.165) is 23.3 Å². The molecule has 2 rings (SSSR count). The van der Waals surface area contributed by atoms with Gasteiger partial charge in [0.2, 0.25) is 5.91 Å². The van der Waals surface area contributed by atoms with Gasteiger partial charge >= 0.3 is 0 Å². The summed E-state index contributed by atoms with van der Waals surface area (Å²) in [6.45, 7) is 4.63. The number of aryl methyl sites for hydroxylation is 1. The number of fused-ring (bicyclic) bond motifs is 1. The third-order valence-electron chi connectivity index (χ3n) is 3.30. The van der Waals surface area contributed by atoms with Crippen LogP contribution in [0.25, 0.3) is 11.0 Å². The van der Waals surface area contributed by atoms with Crippen LogP contribution < -0.4 is 5.32 Å². The van der Waals surface area contributed by atoms with Crippen LogP contribution >= 0.6 is 11.6 Å². The number of amides is 1. The van der Waals surface area contributed by atoms with Gasteiger partial charge in [-0.25, -0.2) is 4.98 Å². The topological polar surface area (TPSA) is 46.9 Å². The Kier molecular flexibility index (Phi) is 5.01. The van der Waals surface area contributed by atoms with Gasteiger partial charge in [-0.2, -0.15) is 0 Å². The Morgan fingerprint density at radius 3 is 2.90 bits per heavy atom. The summed E-state index contributed by atoms with van der Waals surface area (Å²) in [6.07, 6.45) is 1.58. The minimum atomic E-state index is -0.285. The van der Waals surface area contributed by atoms with Gasteiger partial charge in [0.05, 0.1) is 11.0 Å². The number of benzene rings is 1. The first-order chi connectivity index (χ1) is 9.69. The van der Waals surface area contributed by atoms with Gasteiger partial charge in [0, 0.05) is 18.8 Å². The summed E-state index contributed by atoms with van der Waals surface area (Å²) in [5.74, 6) is 1.37. The molecule has 20 heavy (non-hydrogen) atoms. The summed E-state index contributed by atoms with van der Waals surface area (Å²) in [5.41, 5.74) is 1.88. The van der Waals surface area contributed by atoms with Gasteiger partial charge in [-0.15, -0.1) is 11.6 Å². The van der Waals surface area contributed by atoms with Crippen LogP contribution in [0.15, 0.2) is 24.3 Å². The number of nitrogens with one attached hydrogen (secondary N) is 1. The van der Waals surface area contributed by atoms with Crippen molar-refractivity contribution in [1.82, 2.24) is 14.9 Å². The molecule has 2 aromatic rings. The molecular formula is C15H20ClN3O. The SMILES string of the molecule is CCCNC(=O)C(C)n1c(CCCl)nc2ccccc21. The van der Waals surface area contributed by atoms with Crippen molar-refractivity contribution in [2.75, 3.05) is 12.4 Å². The number of rotatable bonds is 6. The van der Waals surface area contributed by atoms with Crippen LogP contribution in [0.1, 0.15) is 32.1 Å². The van der Waals surface area contributed by atoms with Gasteiger partial charge in [-0.1, -0.05) is 19.1 Å². The molecule has 0 aliphatic rings. The van der Waals surface area contributed by atoms with Crippen molar-refractivity contribution in [3.63, 3.8) is 0 Å². The van der Waals surface area contributed by atoms with Gasteiger partial charge in [0.1, 0.15) is 11.9 Å². The predicted molar refractivity (Wildman–Crippen MR) is 82.2 cm³/mol. The third kappa shape index (κ3) is 2.96. The van der Waals surface area contributed by atoms with Crippen LogP contribution in [-0.2, 0) is 11.2 Å². The normalized spacial score (nSPS) is 12.6. The van der Waals surface area contributed by atoms with Crippen LogP contribution in [0.5, 0.6) is 0 Å². The highest BCUT2D eigenvalue weighted by molar-refractivity contribution is 6.17. The fourth-order valence-electron chi connectivity index (χ4n) is 2.30. The molecule has 0 aliphatic heterocycles. The third-order valence-corrected chi connectivity index (χ3v) is 3.49. The summed E-state index contributed by atoms with van der Waals surface area (Å²) in [6, 6.07) is 7.57. The van der Waals surface area contributed by atoms with Crippen molar-refractivity contribution in [1.29, 1.82) is 0 Å². The maximum absolute atomic E-state index is 12.2. The Morgan fingerprint density at radius 1 is 1.45 bits per heavy atom. The molecule has 1 aromatic carbocycles. The van der Waals surface area contributed by atoms with Gasteiger partial charge in [-0.3, -0.25) is 4.79 Å². The Balaban J connectivity index is 2.39. The molecule has 5 heteroatoms. The minimum absolute atomic E-state index is 0.0193. The Morgan fingerprint density at radius 2 is 2.20 bits per heavy atom. The molecule has 1 N–H and O–H groups in total. The maximum atomic E-state index is 12.2. The van der Waals surface area contributed by atoms with E-state index in [1.54, 1.807) is 0 Å². The molecule has 1 heterocycles. The van der Waals surface area contributed by atoms with Crippen LogP contribution in [0, 0.1) is 0 Å². The van der Waals surface area contributed by atoms with E-state index in [4.69, 9.17) is 11.6 Å². The number of carbonyl (C=O) groups is 1. The number of para-hydroxylation sites is 2. The van der Waals surface area contributed by atoms with Crippen LogP contribution in [0.4, 0.5) is 0 Å². The van der Waals surface area contributed by atoms with E-state index in [1.807, 2.05) is 42.7 Å². The lowest BCUT2D eigenvalue weighted by Crippen LogP contribution is -2.32. The smallest absolute Gasteiger partial charge is 0.242 e. The maximum Gasteiger partial charge on any atom is 0.242 e. The molecule has 0 aliphatic carbocycles. The van der Waals surface area contributed by atoms with Crippen molar-refractivity contribution < 1.29 is 4.79 Å². The average molecular weight is 294 g/mol. The Labute approximate surface area is 124 Å². The lowest BCUT2D eigenvalue weighted by Gasteiger charge is -2.17. The highest BCUT2D eigenvalue weighted by Crippen LogP contribution is 2.22. The summed E-state index contributed by atoms with van der Waals surface area (Å²) < 4.78 is 1.99. The summed E-state index contributed by atoms with van der Waals surface area (Å²) in [7, 11) is 0. The summed E-state index contributed by atoms with van der Waals surface area (Å²) >= 11 is 5.85. The average Bonchev–Trinajstić information content (AvgIpc) is 2.82. The second kappa shape index (κ2) is 6.75. The zero-order valence-electron chi connectivity index (χ0n) is 11.9. The van der Waals surface area contributed by atoms with Gasteiger partial charge in [0.15, 0.2) is 0 Å². The van der Waals surface area contributed by atoms with E-state index in [9.17, 15) is 4.79 Å². The van der Waals surface area contributed by atoms with E-state index in [1.165, 1.54) is 0 Å². The minimum Gasteiger partial charge on any atom is -0.354 e. The van der Waals surface area contributed by atoms with Crippen LogP contribution in [0.3, 0.4) is 0 Å². The molecule has 1 unspecified atom stereocenters. The molecule has 0 radical (unpaired) electrons.